The maximum Gasteiger partial charge on any atom is 0.254 e. The molecule has 1 N–H and O–H groups in total. The first-order chi connectivity index (χ1) is 13.7. The number of carbonyl (C=O) groups is 1. The molecular weight excluding hydrogens is 376 g/mol. The van der Waals surface area contributed by atoms with Crippen LogP contribution in [0.25, 0.3) is 11.3 Å². The lowest BCUT2D eigenvalue weighted by molar-refractivity contribution is 0.0953. The zero-order chi connectivity index (χ0) is 19.5. The number of nitrogens with one attached hydrogen (secondary N) is 1. The van der Waals surface area contributed by atoms with E-state index in [9.17, 15) is 4.79 Å². The molecule has 8 heteroatoms. The Morgan fingerprint density at radius 1 is 1.18 bits per heavy atom. The van der Waals surface area contributed by atoms with Gasteiger partial charge in [0.1, 0.15) is 5.82 Å². The van der Waals surface area contributed by atoms with Crippen LogP contribution in [-0.2, 0) is 12.8 Å². The zero-order valence-electron chi connectivity index (χ0n) is 15.3. The van der Waals surface area contributed by atoms with Crippen molar-refractivity contribution >= 4 is 23.2 Å². The number of amides is 1. The van der Waals surface area contributed by atoms with E-state index in [0.29, 0.717) is 30.0 Å². The summed E-state index contributed by atoms with van der Waals surface area (Å²) in [6.45, 7) is 2.46. The van der Waals surface area contributed by atoms with Crippen LogP contribution in [0, 0.1) is 0 Å². The highest BCUT2D eigenvalue weighted by molar-refractivity contribution is 6.30. The molecule has 7 nitrogen and oxygen atoms in total. The molecule has 0 aliphatic rings. The summed E-state index contributed by atoms with van der Waals surface area (Å²) in [6, 6.07) is 13.1. The standard InChI is InChI=1S/C20H19ClN6O/c1-2-17-16(13-23-27(17)15-7-5-6-14(21)12-15)20(28)22-10-9-19-25-24-18-8-3-4-11-26(18)19/h3-8,11-13H,2,9-10H2,1H3,(H,22,28). The maximum atomic E-state index is 12.7. The van der Waals surface area contributed by atoms with Crippen molar-refractivity contribution in [3.05, 3.63) is 77.0 Å². The second kappa shape index (κ2) is 7.82. The molecule has 0 saturated carbocycles. The van der Waals surface area contributed by atoms with Crippen LogP contribution in [0.4, 0.5) is 0 Å². The minimum atomic E-state index is -0.154. The minimum Gasteiger partial charge on any atom is -0.351 e. The van der Waals surface area contributed by atoms with E-state index in [-0.39, 0.29) is 5.91 Å². The molecule has 1 aromatic carbocycles. The second-order valence-electron chi connectivity index (χ2n) is 6.30. The van der Waals surface area contributed by atoms with E-state index in [2.05, 4.69) is 20.6 Å². The van der Waals surface area contributed by atoms with Crippen molar-refractivity contribution in [2.24, 2.45) is 0 Å². The highest BCUT2D eigenvalue weighted by atomic mass is 35.5. The molecule has 0 saturated heterocycles. The van der Waals surface area contributed by atoms with E-state index in [1.807, 2.05) is 60.0 Å². The lowest BCUT2D eigenvalue weighted by Gasteiger charge is -2.09. The van der Waals surface area contributed by atoms with Crippen LogP contribution in [0.1, 0.15) is 28.8 Å². The molecule has 0 radical (unpaired) electrons. The molecule has 0 bridgehead atoms. The van der Waals surface area contributed by atoms with E-state index in [1.54, 1.807) is 10.9 Å². The summed E-state index contributed by atoms with van der Waals surface area (Å²) in [5, 5.41) is 16.3. The number of benzene rings is 1. The number of carbonyl (C=O) groups excluding carboxylic acids is 1. The molecule has 0 fully saturated rings. The SMILES string of the molecule is CCc1c(C(=O)NCCc2nnc3ccccn23)cnn1-c1cccc(Cl)c1. The van der Waals surface area contributed by atoms with Crippen molar-refractivity contribution in [2.75, 3.05) is 6.54 Å². The summed E-state index contributed by atoms with van der Waals surface area (Å²) in [5.41, 5.74) is 3.03. The molecule has 4 aromatic rings. The molecule has 142 valence electrons. The van der Waals surface area contributed by atoms with Crippen molar-refractivity contribution in [3.63, 3.8) is 0 Å². The van der Waals surface area contributed by atoms with Crippen molar-refractivity contribution < 1.29 is 4.79 Å². The Morgan fingerprint density at radius 3 is 2.89 bits per heavy atom. The Hall–Kier alpha value is -3.19. The fourth-order valence-corrected chi connectivity index (χ4v) is 3.36. The monoisotopic (exact) mass is 394 g/mol. The van der Waals surface area contributed by atoms with Gasteiger partial charge in [-0.2, -0.15) is 5.10 Å². The average molecular weight is 395 g/mol. The first-order valence-corrected chi connectivity index (χ1v) is 9.45. The zero-order valence-corrected chi connectivity index (χ0v) is 16.1. The van der Waals surface area contributed by atoms with Gasteiger partial charge in [-0.05, 0) is 36.8 Å². The van der Waals surface area contributed by atoms with Gasteiger partial charge in [-0.3, -0.25) is 9.20 Å². The van der Waals surface area contributed by atoms with E-state index in [0.717, 1.165) is 22.9 Å². The Balaban J connectivity index is 1.48. The van der Waals surface area contributed by atoms with Crippen molar-refractivity contribution in [1.29, 1.82) is 0 Å². The Kier molecular flexibility index (Phi) is 5.08. The van der Waals surface area contributed by atoms with Gasteiger partial charge in [0.05, 0.1) is 23.1 Å². The van der Waals surface area contributed by atoms with E-state index in [1.165, 1.54) is 0 Å². The molecule has 0 aliphatic heterocycles. The lowest BCUT2D eigenvalue weighted by Crippen LogP contribution is -2.27. The Morgan fingerprint density at radius 2 is 2.07 bits per heavy atom. The van der Waals surface area contributed by atoms with E-state index < -0.39 is 0 Å². The molecule has 0 aliphatic carbocycles. The van der Waals surface area contributed by atoms with Crippen LogP contribution in [-0.4, -0.2) is 36.8 Å². The third kappa shape index (κ3) is 3.48. The molecule has 0 unspecified atom stereocenters. The molecule has 3 heterocycles. The summed E-state index contributed by atoms with van der Waals surface area (Å²) in [4.78, 5) is 12.7. The Bertz CT molecular complexity index is 1130. The topological polar surface area (TPSA) is 77.1 Å². The summed E-state index contributed by atoms with van der Waals surface area (Å²) in [7, 11) is 0. The molecule has 28 heavy (non-hydrogen) atoms. The fraction of sp³-hybridized carbons (Fsp3) is 0.200. The summed E-state index contributed by atoms with van der Waals surface area (Å²) in [6.07, 6.45) is 4.77. The first-order valence-electron chi connectivity index (χ1n) is 9.07. The van der Waals surface area contributed by atoms with E-state index >= 15 is 0 Å². The predicted octanol–water partition coefficient (Wildman–Crippen LogP) is 3.10. The van der Waals surface area contributed by atoms with Crippen LogP contribution in [0.15, 0.2) is 54.9 Å². The van der Waals surface area contributed by atoms with Crippen molar-refractivity contribution in [1.82, 2.24) is 29.7 Å². The molecular formula is C20H19ClN6O. The van der Waals surface area contributed by atoms with Crippen LogP contribution in [0.3, 0.4) is 0 Å². The number of pyridine rings is 1. The van der Waals surface area contributed by atoms with Gasteiger partial charge >= 0.3 is 0 Å². The van der Waals surface area contributed by atoms with Gasteiger partial charge in [-0.1, -0.05) is 30.7 Å². The number of halogens is 1. The van der Waals surface area contributed by atoms with Gasteiger partial charge in [-0.15, -0.1) is 10.2 Å². The van der Waals surface area contributed by atoms with Crippen LogP contribution in [0.2, 0.25) is 5.02 Å². The van der Waals surface area contributed by atoms with Gasteiger partial charge in [0.25, 0.3) is 5.91 Å². The number of hydrogen-bond acceptors (Lipinski definition) is 4. The number of hydrogen-bond donors (Lipinski definition) is 1. The number of fused-ring (bicyclic) bond motifs is 1. The summed E-state index contributed by atoms with van der Waals surface area (Å²) >= 11 is 6.09. The third-order valence-corrected chi connectivity index (χ3v) is 4.75. The lowest BCUT2D eigenvalue weighted by atomic mass is 10.2. The number of rotatable bonds is 6. The van der Waals surface area contributed by atoms with Gasteiger partial charge in [0, 0.05) is 24.2 Å². The average Bonchev–Trinajstić information content (AvgIpc) is 3.32. The van der Waals surface area contributed by atoms with Crippen molar-refractivity contribution in [2.45, 2.75) is 19.8 Å². The second-order valence-corrected chi connectivity index (χ2v) is 6.74. The van der Waals surface area contributed by atoms with Crippen molar-refractivity contribution in [3.8, 4) is 5.69 Å². The van der Waals surface area contributed by atoms with Gasteiger partial charge < -0.3 is 5.32 Å². The highest BCUT2D eigenvalue weighted by Gasteiger charge is 2.17. The largest absolute Gasteiger partial charge is 0.351 e. The fourth-order valence-electron chi connectivity index (χ4n) is 3.18. The van der Waals surface area contributed by atoms with E-state index in [4.69, 9.17) is 11.6 Å². The van der Waals surface area contributed by atoms with Crippen LogP contribution in [0.5, 0.6) is 0 Å². The highest BCUT2D eigenvalue weighted by Crippen LogP contribution is 2.19. The third-order valence-electron chi connectivity index (χ3n) is 4.52. The number of nitrogens with zero attached hydrogens (tertiary/aromatic N) is 5. The minimum absolute atomic E-state index is 0.154. The normalized spacial score (nSPS) is 11.1. The molecule has 0 atom stereocenters. The molecule has 4 rings (SSSR count). The number of aromatic nitrogens is 5. The van der Waals surface area contributed by atoms with Gasteiger partial charge in [0.2, 0.25) is 0 Å². The maximum absolute atomic E-state index is 12.7. The predicted molar refractivity (Wildman–Crippen MR) is 107 cm³/mol. The summed E-state index contributed by atoms with van der Waals surface area (Å²) in [5.74, 6) is 0.653. The Labute approximate surface area is 167 Å². The molecule has 1 amide bonds. The van der Waals surface area contributed by atoms with Crippen LogP contribution >= 0.6 is 11.6 Å². The van der Waals surface area contributed by atoms with Gasteiger partial charge in [0.15, 0.2) is 5.65 Å². The molecule has 3 aromatic heterocycles. The quantitative estimate of drug-likeness (QED) is 0.545. The first kappa shape index (κ1) is 18.2. The summed E-state index contributed by atoms with van der Waals surface area (Å²) < 4.78 is 3.67. The molecule has 0 spiro atoms. The van der Waals surface area contributed by atoms with Gasteiger partial charge in [-0.25, -0.2) is 4.68 Å². The van der Waals surface area contributed by atoms with Crippen LogP contribution < -0.4 is 5.32 Å². The smallest absolute Gasteiger partial charge is 0.254 e.